The summed E-state index contributed by atoms with van der Waals surface area (Å²) in [7, 11) is -2.71. The van der Waals surface area contributed by atoms with Crippen LogP contribution in [-0.2, 0) is 29.1 Å². The summed E-state index contributed by atoms with van der Waals surface area (Å²) in [6.45, 7) is 4.58. The first-order valence-electron chi connectivity index (χ1n) is 8.29. The van der Waals surface area contributed by atoms with Crippen molar-refractivity contribution in [3.05, 3.63) is 24.3 Å². The number of anilines is 1. The highest BCUT2D eigenvalue weighted by Crippen LogP contribution is 2.14. The maximum Gasteiger partial charge on any atom is 0.328 e. The maximum atomic E-state index is 12.3. The molecule has 10 heteroatoms. The summed E-state index contributed by atoms with van der Waals surface area (Å²) < 4.78 is 31.3. The molecule has 0 unspecified atom stereocenters. The number of carbonyl (C=O) groups excluding carboxylic acids is 3. The average molecular weight is 399 g/mol. The monoisotopic (exact) mass is 399 g/mol. The van der Waals surface area contributed by atoms with Crippen LogP contribution < -0.4 is 15.4 Å². The van der Waals surface area contributed by atoms with Crippen molar-refractivity contribution >= 4 is 33.5 Å². The van der Waals surface area contributed by atoms with Crippen molar-refractivity contribution < 1.29 is 27.5 Å². The zero-order valence-corrected chi connectivity index (χ0v) is 16.6. The predicted octanol–water partition coefficient (Wildman–Crippen LogP) is 0.627. The van der Waals surface area contributed by atoms with Crippen molar-refractivity contribution in [1.29, 1.82) is 0 Å². The molecule has 0 saturated carbocycles. The number of nitrogens with one attached hydrogen (secondary N) is 3. The van der Waals surface area contributed by atoms with Crippen molar-refractivity contribution in [3.63, 3.8) is 0 Å². The molecule has 0 saturated heterocycles. The van der Waals surface area contributed by atoms with Crippen LogP contribution in [0.5, 0.6) is 0 Å². The highest BCUT2D eigenvalue weighted by atomic mass is 32.2. The number of ether oxygens (including phenoxy) is 1. The number of esters is 1. The fraction of sp³-hybridized carbons (Fsp3) is 0.471. The largest absolute Gasteiger partial charge is 0.467 e. The molecule has 150 valence electrons. The third-order valence-electron chi connectivity index (χ3n) is 3.44. The van der Waals surface area contributed by atoms with Crippen molar-refractivity contribution in [2.45, 2.75) is 38.1 Å². The normalized spacial score (nSPS) is 12.3. The number of carbonyl (C=O) groups is 3. The smallest absolute Gasteiger partial charge is 0.328 e. The lowest BCUT2D eigenvalue weighted by atomic mass is 10.0. The van der Waals surface area contributed by atoms with Gasteiger partial charge in [-0.05, 0) is 36.6 Å². The van der Waals surface area contributed by atoms with E-state index in [0.29, 0.717) is 12.1 Å². The Bertz CT molecular complexity index is 774. The zero-order valence-electron chi connectivity index (χ0n) is 15.7. The number of methoxy groups -OCH3 is 1. The SMILES string of the molecule is COC(=O)[C@H](CC(C)C)NC(=O)CNS(=O)(=O)c1ccc(NC(C)=O)cc1. The van der Waals surface area contributed by atoms with Gasteiger partial charge >= 0.3 is 5.97 Å². The Hall–Kier alpha value is -2.46. The first-order chi connectivity index (χ1) is 12.5. The van der Waals surface area contributed by atoms with Crippen molar-refractivity contribution in [1.82, 2.24) is 10.0 Å². The van der Waals surface area contributed by atoms with Gasteiger partial charge in [0.25, 0.3) is 0 Å². The molecule has 9 nitrogen and oxygen atoms in total. The molecule has 0 aliphatic heterocycles. The molecule has 0 fully saturated rings. The van der Waals surface area contributed by atoms with Crippen molar-refractivity contribution in [3.8, 4) is 0 Å². The van der Waals surface area contributed by atoms with Crippen LogP contribution in [0.1, 0.15) is 27.2 Å². The molecule has 1 aromatic carbocycles. The summed E-state index contributed by atoms with van der Waals surface area (Å²) in [6.07, 6.45) is 0.371. The Morgan fingerprint density at radius 1 is 1.11 bits per heavy atom. The molecule has 2 amide bonds. The van der Waals surface area contributed by atoms with E-state index in [1.54, 1.807) is 0 Å². The highest BCUT2D eigenvalue weighted by Gasteiger charge is 2.23. The number of amides is 2. The van der Waals surface area contributed by atoms with E-state index in [9.17, 15) is 22.8 Å². The summed E-state index contributed by atoms with van der Waals surface area (Å²) in [5.41, 5.74) is 0.453. The van der Waals surface area contributed by atoms with E-state index in [0.717, 1.165) is 0 Å². The van der Waals surface area contributed by atoms with Gasteiger partial charge in [-0.2, -0.15) is 0 Å². The van der Waals surface area contributed by atoms with Crippen LogP contribution in [0, 0.1) is 5.92 Å². The summed E-state index contributed by atoms with van der Waals surface area (Å²) in [5.74, 6) is -1.38. The van der Waals surface area contributed by atoms with Crippen LogP contribution in [0.2, 0.25) is 0 Å². The summed E-state index contributed by atoms with van der Waals surface area (Å²) in [5, 5.41) is 4.99. The molecule has 1 aromatic rings. The molecule has 0 aliphatic rings. The molecule has 0 spiro atoms. The van der Waals surface area contributed by atoms with E-state index < -0.39 is 34.5 Å². The second-order valence-electron chi connectivity index (χ2n) is 6.30. The third-order valence-corrected chi connectivity index (χ3v) is 4.85. The van der Waals surface area contributed by atoms with E-state index >= 15 is 0 Å². The van der Waals surface area contributed by atoms with Gasteiger partial charge < -0.3 is 15.4 Å². The van der Waals surface area contributed by atoms with E-state index in [-0.39, 0.29) is 16.7 Å². The van der Waals surface area contributed by atoms with Crippen molar-refractivity contribution in [2.75, 3.05) is 19.0 Å². The Morgan fingerprint density at radius 3 is 2.19 bits per heavy atom. The molecule has 3 N–H and O–H groups in total. The van der Waals surface area contributed by atoms with Crippen LogP contribution in [0.25, 0.3) is 0 Å². The molecule has 0 aromatic heterocycles. The first kappa shape index (κ1) is 22.6. The molecule has 0 radical (unpaired) electrons. The molecule has 1 rings (SSSR count). The number of hydrogen-bond acceptors (Lipinski definition) is 6. The minimum absolute atomic E-state index is 0.0592. The van der Waals surface area contributed by atoms with Crippen LogP contribution >= 0.6 is 0 Å². The van der Waals surface area contributed by atoms with Gasteiger partial charge in [-0.3, -0.25) is 9.59 Å². The second kappa shape index (κ2) is 10.0. The molecule has 0 aliphatic carbocycles. The van der Waals surface area contributed by atoms with E-state index in [4.69, 9.17) is 0 Å². The average Bonchev–Trinajstić information content (AvgIpc) is 2.58. The van der Waals surface area contributed by atoms with Crippen LogP contribution in [-0.4, -0.2) is 45.9 Å². The molecular weight excluding hydrogens is 374 g/mol. The maximum absolute atomic E-state index is 12.3. The van der Waals surface area contributed by atoms with Gasteiger partial charge in [0.15, 0.2) is 0 Å². The number of sulfonamides is 1. The predicted molar refractivity (Wildman–Crippen MR) is 99.3 cm³/mol. The fourth-order valence-electron chi connectivity index (χ4n) is 2.24. The molecular formula is C17H25N3O6S. The minimum Gasteiger partial charge on any atom is -0.467 e. The highest BCUT2D eigenvalue weighted by molar-refractivity contribution is 7.89. The lowest BCUT2D eigenvalue weighted by Crippen LogP contribution is -2.46. The van der Waals surface area contributed by atoms with Gasteiger partial charge in [-0.25, -0.2) is 17.9 Å². The van der Waals surface area contributed by atoms with E-state index in [1.807, 2.05) is 13.8 Å². The van der Waals surface area contributed by atoms with Crippen LogP contribution in [0.3, 0.4) is 0 Å². The molecule has 0 bridgehead atoms. The molecule has 0 heterocycles. The fourth-order valence-corrected chi connectivity index (χ4v) is 3.22. The third kappa shape index (κ3) is 7.75. The number of hydrogen-bond donors (Lipinski definition) is 3. The Morgan fingerprint density at radius 2 is 1.70 bits per heavy atom. The van der Waals surface area contributed by atoms with E-state index in [2.05, 4.69) is 20.1 Å². The first-order valence-corrected chi connectivity index (χ1v) is 9.78. The topological polar surface area (TPSA) is 131 Å². The van der Waals surface area contributed by atoms with Crippen molar-refractivity contribution in [2.24, 2.45) is 5.92 Å². The summed E-state index contributed by atoms with van der Waals surface area (Å²) >= 11 is 0. The Balaban J connectivity index is 2.70. The zero-order chi connectivity index (χ0) is 20.6. The summed E-state index contributed by atoms with van der Waals surface area (Å²) in [6, 6.07) is 4.64. The summed E-state index contributed by atoms with van der Waals surface area (Å²) in [4.78, 5) is 34.6. The lowest BCUT2D eigenvalue weighted by molar-refractivity contribution is -0.145. The van der Waals surface area contributed by atoms with Gasteiger partial charge in [-0.1, -0.05) is 13.8 Å². The second-order valence-corrected chi connectivity index (χ2v) is 8.07. The van der Waals surface area contributed by atoms with Gasteiger partial charge in [0.05, 0.1) is 18.6 Å². The molecule has 1 atom stereocenters. The Labute approximate surface area is 158 Å². The quantitative estimate of drug-likeness (QED) is 0.522. The van der Waals surface area contributed by atoms with Crippen LogP contribution in [0.4, 0.5) is 5.69 Å². The van der Waals surface area contributed by atoms with Gasteiger partial charge in [0, 0.05) is 12.6 Å². The molecule has 27 heavy (non-hydrogen) atoms. The van der Waals surface area contributed by atoms with Gasteiger partial charge in [0.1, 0.15) is 6.04 Å². The van der Waals surface area contributed by atoms with Gasteiger partial charge in [-0.15, -0.1) is 0 Å². The minimum atomic E-state index is -3.92. The number of rotatable bonds is 9. The Kier molecular flexibility index (Phi) is 8.38. The van der Waals surface area contributed by atoms with Crippen LogP contribution in [0.15, 0.2) is 29.2 Å². The number of benzene rings is 1. The lowest BCUT2D eigenvalue weighted by Gasteiger charge is -2.18. The van der Waals surface area contributed by atoms with E-state index in [1.165, 1.54) is 38.3 Å². The standard InChI is InChI=1S/C17H25N3O6S/c1-11(2)9-15(17(23)26-4)20-16(22)10-18-27(24,25)14-7-5-13(6-8-14)19-12(3)21/h5-8,11,15,18H,9-10H2,1-4H3,(H,19,21)(H,20,22)/t15-/m0/s1. The van der Waals surface area contributed by atoms with Gasteiger partial charge in [0.2, 0.25) is 21.8 Å².